The average molecular weight is 236 g/mol. The van der Waals surface area contributed by atoms with Crippen LogP contribution in [0.25, 0.3) is 0 Å². The highest BCUT2D eigenvalue weighted by molar-refractivity contribution is 5.92. The Balaban J connectivity index is 2.68. The highest BCUT2D eigenvalue weighted by atomic mass is 16.5. The minimum atomic E-state index is -0.0286. The third-order valence-electron chi connectivity index (χ3n) is 2.48. The molecule has 0 aliphatic rings. The molecular formula is C13H20N2O2. The second-order valence-corrected chi connectivity index (χ2v) is 3.71. The van der Waals surface area contributed by atoms with Crippen molar-refractivity contribution in [2.75, 3.05) is 25.5 Å². The van der Waals surface area contributed by atoms with E-state index in [1.807, 2.05) is 25.1 Å². The van der Waals surface area contributed by atoms with Crippen LogP contribution in [-0.2, 0) is 11.2 Å². The van der Waals surface area contributed by atoms with E-state index in [-0.39, 0.29) is 5.91 Å². The molecule has 2 N–H and O–H groups in total. The number of likely N-dealkylation sites (N-methyl/N-ethyl adjacent to an activating group) is 1. The van der Waals surface area contributed by atoms with Crippen LogP contribution in [0.4, 0.5) is 5.69 Å². The van der Waals surface area contributed by atoms with E-state index in [1.165, 1.54) is 0 Å². The topological polar surface area (TPSA) is 50.4 Å². The van der Waals surface area contributed by atoms with Gasteiger partial charge in [0.05, 0.1) is 13.7 Å². The number of anilines is 1. The Morgan fingerprint density at radius 1 is 1.35 bits per heavy atom. The number of nitrogens with one attached hydrogen (secondary N) is 2. The second kappa shape index (κ2) is 6.91. The lowest BCUT2D eigenvalue weighted by Gasteiger charge is -2.10. The number of methoxy groups -OCH3 is 1. The van der Waals surface area contributed by atoms with Crippen molar-refractivity contribution in [2.24, 2.45) is 0 Å². The highest BCUT2D eigenvalue weighted by Gasteiger charge is 2.05. The van der Waals surface area contributed by atoms with E-state index in [0.717, 1.165) is 30.0 Å². The fourth-order valence-corrected chi connectivity index (χ4v) is 1.58. The van der Waals surface area contributed by atoms with Gasteiger partial charge in [-0.25, -0.2) is 0 Å². The molecule has 4 heteroatoms. The molecule has 0 aromatic heterocycles. The summed E-state index contributed by atoms with van der Waals surface area (Å²) in [5.41, 5.74) is 1.90. The summed E-state index contributed by atoms with van der Waals surface area (Å²) in [6.07, 6.45) is 0.875. The minimum absolute atomic E-state index is 0.0286. The number of carbonyl (C=O) groups excluding carboxylic acids is 1. The molecule has 0 aliphatic heterocycles. The zero-order chi connectivity index (χ0) is 12.7. The number of hydrogen-bond donors (Lipinski definition) is 2. The van der Waals surface area contributed by atoms with Crippen LogP contribution in [0, 0.1) is 0 Å². The lowest BCUT2D eigenvalue weighted by molar-refractivity contribution is -0.115. The van der Waals surface area contributed by atoms with E-state index in [9.17, 15) is 4.79 Å². The van der Waals surface area contributed by atoms with Crippen molar-refractivity contribution in [3.8, 4) is 5.75 Å². The first kappa shape index (κ1) is 13.5. The van der Waals surface area contributed by atoms with Crippen LogP contribution in [0.3, 0.4) is 0 Å². The summed E-state index contributed by atoms with van der Waals surface area (Å²) in [4.78, 5) is 11.5. The predicted molar refractivity (Wildman–Crippen MR) is 69.5 cm³/mol. The summed E-state index contributed by atoms with van der Waals surface area (Å²) in [5, 5.41) is 5.83. The molecule has 0 bridgehead atoms. The molecule has 4 nitrogen and oxygen atoms in total. The first-order valence-electron chi connectivity index (χ1n) is 5.88. The maximum absolute atomic E-state index is 11.5. The normalized spacial score (nSPS) is 10.1. The fourth-order valence-electron chi connectivity index (χ4n) is 1.58. The Bertz CT molecular complexity index is 378. The van der Waals surface area contributed by atoms with Crippen molar-refractivity contribution < 1.29 is 9.53 Å². The third kappa shape index (κ3) is 4.07. The van der Waals surface area contributed by atoms with Gasteiger partial charge in [-0.15, -0.1) is 0 Å². The molecule has 0 spiro atoms. The Labute approximate surface area is 102 Å². The smallest absolute Gasteiger partial charge is 0.238 e. The SMILES string of the molecule is CCNCC(=O)Nc1ccc(OC)c(CC)c1. The molecular weight excluding hydrogens is 216 g/mol. The van der Waals surface area contributed by atoms with Crippen LogP contribution in [-0.4, -0.2) is 26.1 Å². The van der Waals surface area contributed by atoms with Crippen LogP contribution >= 0.6 is 0 Å². The zero-order valence-corrected chi connectivity index (χ0v) is 10.7. The zero-order valence-electron chi connectivity index (χ0n) is 10.7. The monoisotopic (exact) mass is 236 g/mol. The van der Waals surface area contributed by atoms with Crippen molar-refractivity contribution in [2.45, 2.75) is 20.3 Å². The summed E-state index contributed by atoms with van der Waals surface area (Å²) >= 11 is 0. The molecule has 1 rings (SSSR count). The molecule has 0 heterocycles. The first-order valence-corrected chi connectivity index (χ1v) is 5.88. The standard InChI is InChI=1S/C13H20N2O2/c1-4-10-8-11(6-7-12(10)17-3)15-13(16)9-14-5-2/h6-8,14H,4-5,9H2,1-3H3,(H,15,16). The summed E-state index contributed by atoms with van der Waals surface area (Å²) in [6, 6.07) is 5.67. The molecule has 0 radical (unpaired) electrons. The molecule has 0 saturated carbocycles. The minimum Gasteiger partial charge on any atom is -0.496 e. The number of benzene rings is 1. The molecule has 1 aromatic carbocycles. The van der Waals surface area contributed by atoms with Gasteiger partial charge in [-0.05, 0) is 36.7 Å². The Morgan fingerprint density at radius 2 is 2.12 bits per heavy atom. The summed E-state index contributed by atoms with van der Waals surface area (Å²) in [6.45, 7) is 5.15. The predicted octanol–water partition coefficient (Wildman–Crippen LogP) is 1.81. The molecule has 17 heavy (non-hydrogen) atoms. The van der Waals surface area contributed by atoms with E-state index in [1.54, 1.807) is 7.11 Å². The summed E-state index contributed by atoms with van der Waals surface area (Å²) in [7, 11) is 1.65. The van der Waals surface area contributed by atoms with Crippen molar-refractivity contribution in [1.29, 1.82) is 0 Å². The average Bonchev–Trinajstić information content (AvgIpc) is 2.36. The molecule has 1 aromatic rings. The molecule has 0 fully saturated rings. The van der Waals surface area contributed by atoms with Crippen molar-refractivity contribution in [3.05, 3.63) is 23.8 Å². The Hall–Kier alpha value is -1.55. The van der Waals surface area contributed by atoms with Crippen molar-refractivity contribution >= 4 is 11.6 Å². The highest BCUT2D eigenvalue weighted by Crippen LogP contribution is 2.22. The number of rotatable bonds is 6. The Kier molecular flexibility index (Phi) is 5.49. The largest absolute Gasteiger partial charge is 0.496 e. The molecule has 0 atom stereocenters. The van der Waals surface area contributed by atoms with Gasteiger partial charge in [0, 0.05) is 5.69 Å². The van der Waals surface area contributed by atoms with Gasteiger partial charge in [0.1, 0.15) is 5.75 Å². The van der Waals surface area contributed by atoms with E-state index in [0.29, 0.717) is 6.54 Å². The van der Waals surface area contributed by atoms with Crippen LogP contribution in [0.15, 0.2) is 18.2 Å². The van der Waals surface area contributed by atoms with Gasteiger partial charge in [0.2, 0.25) is 5.91 Å². The van der Waals surface area contributed by atoms with Crippen LogP contribution < -0.4 is 15.4 Å². The maximum atomic E-state index is 11.5. The van der Waals surface area contributed by atoms with Gasteiger partial charge in [-0.2, -0.15) is 0 Å². The molecule has 94 valence electrons. The van der Waals surface area contributed by atoms with Crippen molar-refractivity contribution in [3.63, 3.8) is 0 Å². The van der Waals surface area contributed by atoms with E-state index < -0.39 is 0 Å². The van der Waals surface area contributed by atoms with Gasteiger partial charge in [-0.3, -0.25) is 4.79 Å². The van der Waals surface area contributed by atoms with E-state index >= 15 is 0 Å². The fraction of sp³-hybridized carbons (Fsp3) is 0.462. The van der Waals surface area contributed by atoms with Crippen molar-refractivity contribution in [1.82, 2.24) is 5.32 Å². The summed E-state index contributed by atoms with van der Waals surface area (Å²) < 4.78 is 5.24. The molecule has 0 aliphatic carbocycles. The van der Waals surface area contributed by atoms with Gasteiger partial charge in [-0.1, -0.05) is 13.8 Å². The Morgan fingerprint density at radius 3 is 2.71 bits per heavy atom. The lowest BCUT2D eigenvalue weighted by atomic mass is 10.1. The van der Waals surface area contributed by atoms with E-state index in [4.69, 9.17) is 4.74 Å². The number of amides is 1. The second-order valence-electron chi connectivity index (χ2n) is 3.71. The quantitative estimate of drug-likeness (QED) is 0.792. The van der Waals surface area contributed by atoms with Crippen LogP contribution in [0.5, 0.6) is 5.75 Å². The maximum Gasteiger partial charge on any atom is 0.238 e. The van der Waals surface area contributed by atoms with E-state index in [2.05, 4.69) is 17.6 Å². The molecule has 0 unspecified atom stereocenters. The number of hydrogen-bond acceptors (Lipinski definition) is 3. The van der Waals surface area contributed by atoms with Gasteiger partial charge < -0.3 is 15.4 Å². The number of aryl methyl sites for hydroxylation is 1. The first-order chi connectivity index (χ1) is 8.21. The van der Waals surface area contributed by atoms with Gasteiger partial charge >= 0.3 is 0 Å². The summed E-state index contributed by atoms with van der Waals surface area (Å²) in [5.74, 6) is 0.830. The van der Waals surface area contributed by atoms with Gasteiger partial charge in [0.15, 0.2) is 0 Å². The van der Waals surface area contributed by atoms with Crippen LogP contribution in [0.2, 0.25) is 0 Å². The molecule has 0 saturated heterocycles. The molecule has 1 amide bonds. The third-order valence-corrected chi connectivity index (χ3v) is 2.48. The number of carbonyl (C=O) groups is 1. The van der Waals surface area contributed by atoms with Crippen LogP contribution in [0.1, 0.15) is 19.4 Å². The lowest BCUT2D eigenvalue weighted by Crippen LogP contribution is -2.27. The number of ether oxygens (including phenoxy) is 1. The van der Waals surface area contributed by atoms with Gasteiger partial charge in [0.25, 0.3) is 0 Å².